The molecule has 0 aliphatic rings. The number of hydrogen-bond donors (Lipinski definition) is 1. The lowest BCUT2D eigenvalue weighted by molar-refractivity contribution is 0.192. The van der Waals surface area contributed by atoms with Gasteiger partial charge in [-0.05, 0) is 32.7 Å². The number of ether oxygens (including phenoxy) is 1. The van der Waals surface area contributed by atoms with E-state index in [9.17, 15) is 0 Å². The predicted molar refractivity (Wildman–Crippen MR) is 72.0 cm³/mol. The summed E-state index contributed by atoms with van der Waals surface area (Å²) in [6.45, 7) is 6.60. The van der Waals surface area contributed by atoms with Crippen LogP contribution in [-0.4, -0.2) is 26.3 Å². The van der Waals surface area contributed by atoms with E-state index >= 15 is 0 Å². The van der Waals surface area contributed by atoms with E-state index in [0.29, 0.717) is 6.04 Å². The third-order valence-corrected chi connectivity index (χ3v) is 3.01. The molecule has 2 heteroatoms. The fourth-order valence-electron chi connectivity index (χ4n) is 1.88. The molecule has 0 saturated carbocycles. The Labute approximate surface area is 102 Å². The van der Waals surface area contributed by atoms with Crippen LogP contribution in [0.2, 0.25) is 0 Å². The van der Waals surface area contributed by atoms with E-state index in [4.69, 9.17) is 4.74 Å². The van der Waals surface area contributed by atoms with Gasteiger partial charge in [-0.3, -0.25) is 0 Å². The molecule has 98 valence electrons. The van der Waals surface area contributed by atoms with E-state index in [0.717, 1.165) is 13.2 Å². The zero-order valence-electron chi connectivity index (χ0n) is 11.6. The van der Waals surface area contributed by atoms with Gasteiger partial charge >= 0.3 is 0 Å². The highest BCUT2D eigenvalue weighted by atomic mass is 16.5. The van der Waals surface area contributed by atoms with Crippen molar-refractivity contribution < 1.29 is 4.74 Å². The lowest BCUT2D eigenvalue weighted by Crippen LogP contribution is -2.27. The summed E-state index contributed by atoms with van der Waals surface area (Å²) in [6.07, 6.45) is 10.7. The first-order valence-corrected chi connectivity index (χ1v) is 7.03. The molecule has 1 N–H and O–H groups in total. The minimum atomic E-state index is 0.684. The second-order valence-electron chi connectivity index (χ2n) is 4.76. The number of rotatable bonds is 12. The van der Waals surface area contributed by atoms with E-state index in [1.165, 1.54) is 51.4 Å². The number of hydrogen-bond acceptors (Lipinski definition) is 2. The van der Waals surface area contributed by atoms with Crippen LogP contribution in [0.1, 0.15) is 65.2 Å². The normalized spacial score (nSPS) is 12.9. The highest BCUT2D eigenvalue weighted by Gasteiger charge is 2.00. The Morgan fingerprint density at radius 1 is 1.00 bits per heavy atom. The molecule has 1 atom stereocenters. The standard InChI is InChI=1S/C14H31NO/c1-4-5-6-7-8-11-14(2)15-12-9-10-13-16-3/h14-15H,4-13H2,1-3H3. The molecule has 0 aromatic rings. The number of methoxy groups -OCH3 is 1. The second kappa shape index (κ2) is 13.0. The Morgan fingerprint density at radius 2 is 1.75 bits per heavy atom. The Morgan fingerprint density at radius 3 is 2.44 bits per heavy atom. The van der Waals surface area contributed by atoms with Crippen LogP contribution in [0, 0.1) is 0 Å². The van der Waals surface area contributed by atoms with Gasteiger partial charge in [0, 0.05) is 19.8 Å². The van der Waals surface area contributed by atoms with Crippen LogP contribution < -0.4 is 5.32 Å². The fourth-order valence-corrected chi connectivity index (χ4v) is 1.88. The molecule has 0 bridgehead atoms. The average Bonchev–Trinajstić information content (AvgIpc) is 2.28. The number of unbranched alkanes of at least 4 members (excludes halogenated alkanes) is 5. The molecule has 0 amide bonds. The molecule has 0 aliphatic carbocycles. The van der Waals surface area contributed by atoms with Crippen molar-refractivity contribution in [3.8, 4) is 0 Å². The summed E-state index contributed by atoms with van der Waals surface area (Å²) in [4.78, 5) is 0. The molecule has 1 unspecified atom stereocenters. The third-order valence-electron chi connectivity index (χ3n) is 3.01. The van der Waals surface area contributed by atoms with Crippen molar-refractivity contribution in [3.05, 3.63) is 0 Å². The van der Waals surface area contributed by atoms with Crippen LogP contribution in [0.4, 0.5) is 0 Å². The molecule has 2 nitrogen and oxygen atoms in total. The van der Waals surface area contributed by atoms with Gasteiger partial charge in [0.15, 0.2) is 0 Å². The molecule has 0 heterocycles. The van der Waals surface area contributed by atoms with Crippen LogP contribution in [0.15, 0.2) is 0 Å². The minimum absolute atomic E-state index is 0.684. The van der Waals surface area contributed by atoms with E-state index in [2.05, 4.69) is 19.2 Å². The highest BCUT2D eigenvalue weighted by molar-refractivity contribution is 4.60. The summed E-state index contributed by atoms with van der Waals surface area (Å²) in [5, 5.41) is 3.58. The molecule has 0 aromatic heterocycles. The van der Waals surface area contributed by atoms with E-state index < -0.39 is 0 Å². The van der Waals surface area contributed by atoms with Crippen molar-refractivity contribution >= 4 is 0 Å². The van der Waals surface area contributed by atoms with Crippen molar-refractivity contribution in [2.24, 2.45) is 0 Å². The zero-order valence-corrected chi connectivity index (χ0v) is 11.6. The summed E-state index contributed by atoms with van der Waals surface area (Å²) >= 11 is 0. The molecular weight excluding hydrogens is 198 g/mol. The van der Waals surface area contributed by atoms with E-state index in [1.807, 2.05) is 0 Å². The van der Waals surface area contributed by atoms with E-state index in [-0.39, 0.29) is 0 Å². The van der Waals surface area contributed by atoms with Gasteiger partial charge in [-0.15, -0.1) is 0 Å². The second-order valence-corrected chi connectivity index (χ2v) is 4.76. The Hall–Kier alpha value is -0.0800. The first kappa shape index (κ1) is 15.9. The van der Waals surface area contributed by atoms with Gasteiger partial charge in [-0.25, -0.2) is 0 Å². The summed E-state index contributed by atoms with van der Waals surface area (Å²) in [5.41, 5.74) is 0. The van der Waals surface area contributed by atoms with Crippen molar-refractivity contribution in [2.75, 3.05) is 20.3 Å². The molecule has 0 aliphatic heterocycles. The topological polar surface area (TPSA) is 21.3 Å². The SMILES string of the molecule is CCCCCCCC(C)NCCCCOC. The zero-order chi connectivity index (χ0) is 12.1. The van der Waals surface area contributed by atoms with Gasteiger partial charge in [0.1, 0.15) is 0 Å². The average molecular weight is 229 g/mol. The van der Waals surface area contributed by atoms with Crippen LogP contribution >= 0.6 is 0 Å². The Bertz CT molecular complexity index is 114. The molecular formula is C14H31NO. The molecule has 0 radical (unpaired) electrons. The van der Waals surface area contributed by atoms with Crippen LogP contribution in [0.3, 0.4) is 0 Å². The predicted octanol–water partition coefficient (Wildman–Crippen LogP) is 3.75. The molecule has 0 saturated heterocycles. The van der Waals surface area contributed by atoms with Gasteiger partial charge < -0.3 is 10.1 Å². The maximum Gasteiger partial charge on any atom is 0.0462 e. The largest absolute Gasteiger partial charge is 0.385 e. The minimum Gasteiger partial charge on any atom is -0.385 e. The lowest BCUT2D eigenvalue weighted by Gasteiger charge is -2.13. The molecule has 0 spiro atoms. The first-order valence-electron chi connectivity index (χ1n) is 7.03. The quantitative estimate of drug-likeness (QED) is 0.515. The lowest BCUT2D eigenvalue weighted by atomic mass is 10.1. The fraction of sp³-hybridized carbons (Fsp3) is 1.00. The van der Waals surface area contributed by atoms with Crippen molar-refractivity contribution in [3.63, 3.8) is 0 Å². The molecule has 16 heavy (non-hydrogen) atoms. The summed E-state index contributed by atoms with van der Waals surface area (Å²) in [5.74, 6) is 0. The molecule has 0 fully saturated rings. The van der Waals surface area contributed by atoms with Crippen molar-refractivity contribution in [1.82, 2.24) is 5.32 Å². The smallest absolute Gasteiger partial charge is 0.0462 e. The van der Waals surface area contributed by atoms with Crippen LogP contribution in [-0.2, 0) is 4.74 Å². The highest BCUT2D eigenvalue weighted by Crippen LogP contribution is 2.07. The Balaban J connectivity index is 3.09. The maximum atomic E-state index is 5.02. The maximum absolute atomic E-state index is 5.02. The third kappa shape index (κ3) is 12.0. The van der Waals surface area contributed by atoms with Crippen molar-refractivity contribution in [2.45, 2.75) is 71.3 Å². The first-order chi connectivity index (χ1) is 7.81. The van der Waals surface area contributed by atoms with Gasteiger partial charge in [-0.1, -0.05) is 39.0 Å². The molecule has 0 aromatic carbocycles. The molecule has 0 rings (SSSR count). The van der Waals surface area contributed by atoms with Crippen LogP contribution in [0.25, 0.3) is 0 Å². The van der Waals surface area contributed by atoms with Gasteiger partial charge in [0.2, 0.25) is 0 Å². The Kier molecular flexibility index (Phi) is 12.9. The number of nitrogens with one attached hydrogen (secondary N) is 1. The van der Waals surface area contributed by atoms with Crippen LogP contribution in [0.5, 0.6) is 0 Å². The van der Waals surface area contributed by atoms with Gasteiger partial charge in [0.25, 0.3) is 0 Å². The van der Waals surface area contributed by atoms with E-state index in [1.54, 1.807) is 7.11 Å². The summed E-state index contributed by atoms with van der Waals surface area (Å²) in [7, 11) is 1.77. The monoisotopic (exact) mass is 229 g/mol. The van der Waals surface area contributed by atoms with Gasteiger partial charge in [-0.2, -0.15) is 0 Å². The van der Waals surface area contributed by atoms with Gasteiger partial charge in [0.05, 0.1) is 0 Å². The summed E-state index contributed by atoms with van der Waals surface area (Å²) in [6, 6.07) is 0.684. The van der Waals surface area contributed by atoms with Crippen molar-refractivity contribution in [1.29, 1.82) is 0 Å². The summed E-state index contributed by atoms with van der Waals surface area (Å²) < 4.78 is 5.02.